The predicted octanol–water partition coefficient (Wildman–Crippen LogP) is 4.93. The lowest BCUT2D eigenvalue weighted by molar-refractivity contribution is 0.174. The molecule has 0 bridgehead atoms. The zero-order valence-corrected chi connectivity index (χ0v) is 19.0. The van der Waals surface area contributed by atoms with Crippen molar-refractivity contribution < 1.29 is 17.9 Å². The van der Waals surface area contributed by atoms with Crippen LogP contribution in [0, 0.1) is 6.92 Å². The van der Waals surface area contributed by atoms with Crippen LogP contribution in [0.4, 0.5) is 0 Å². The van der Waals surface area contributed by atoms with Crippen LogP contribution >= 0.6 is 12.4 Å². The number of ether oxygens (including phenoxy) is 2. The summed E-state index contributed by atoms with van der Waals surface area (Å²) in [6.07, 6.45) is 4.04. The van der Waals surface area contributed by atoms with Gasteiger partial charge < -0.3 is 9.47 Å². The molecule has 2 aliphatic rings. The number of pyridine rings is 1. The Morgan fingerprint density at radius 1 is 0.903 bits per heavy atom. The van der Waals surface area contributed by atoms with Gasteiger partial charge in [-0.05, 0) is 49.6 Å². The average molecular weight is 461 g/mol. The number of rotatable bonds is 3. The summed E-state index contributed by atoms with van der Waals surface area (Å²) in [7, 11) is -3.45. The summed E-state index contributed by atoms with van der Waals surface area (Å²) in [5.74, 6) is 1.44. The van der Waals surface area contributed by atoms with Crippen LogP contribution in [0.2, 0.25) is 0 Å². The topological polar surface area (TPSA) is 68.7 Å². The smallest absolute Gasteiger partial charge is 0.243 e. The van der Waals surface area contributed by atoms with Gasteiger partial charge in [0.2, 0.25) is 16.8 Å². The van der Waals surface area contributed by atoms with Gasteiger partial charge in [-0.25, -0.2) is 13.4 Å². The zero-order chi connectivity index (χ0) is 20.7. The van der Waals surface area contributed by atoms with Crippen LogP contribution in [0.1, 0.15) is 31.2 Å². The van der Waals surface area contributed by atoms with Crippen molar-refractivity contribution in [3.8, 4) is 22.8 Å². The number of hydrogen-bond donors (Lipinski definition) is 0. The number of aryl methyl sites for hydroxylation is 1. The maximum Gasteiger partial charge on any atom is 0.243 e. The van der Waals surface area contributed by atoms with Crippen molar-refractivity contribution in [1.29, 1.82) is 0 Å². The third-order valence-corrected chi connectivity index (χ3v) is 7.78. The Balaban J connectivity index is 0.00000231. The van der Waals surface area contributed by atoms with Crippen molar-refractivity contribution in [2.45, 2.75) is 37.5 Å². The molecule has 164 valence electrons. The van der Waals surface area contributed by atoms with Crippen LogP contribution in [0.5, 0.6) is 11.5 Å². The largest absolute Gasteiger partial charge is 0.454 e. The van der Waals surface area contributed by atoms with Crippen molar-refractivity contribution in [3.05, 3.63) is 48.0 Å². The minimum atomic E-state index is -3.45. The maximum absolute atomic E-state index is 13.0. The molecular formula is C23H25ClN2O4S. The summed E-state index contributed by atoms with van der Waals surface area (Å²) in [6, 6.07) is 12.9. The molecule has 0 N–H and O–H groups in total. The van der Waals surface area contributed by atoms with Gasteiger partial charge in [-0.2, -0.15) is 4.31 Å². The molecule has 2 aromatic carbocycles. The SMILES string of the molecule is Cc1cc(-c2ccc(S(=O)(=O)N3CCCCCC3)cc2)nc2cc3c(cc12)OCO3.Cl. The van der Waals surface area contributed by atoms with Gasteiger partial charge in [-0.1, -0.05) is 25.0 Å². The molecule has 0 spiro atoms. The van der Waals surface area contributed by atoms with Crippen LogP contribution in [0.3, 0.4) is 0 Å². The molecule has 1 fully saturated rings. The molecule has 6 nitrogen and oxygen atoms in total. The Hall–Kier alpha value is -2.35. The molecule has 0 unspecified atom stereocenters. The molecule has 0 atom stereocenters. The van der Waals surface area contributed by atoms with E-state index in [1.165, 1.54) is 0 Å². The fraction of sp³-hybridized carbons (Fsp3) is 0.348. The molecule has 0 aliphatic carbocycles. The molecule has 8 heteroatoms. The molecular weight excluding hydrogens is 436 g/mol. The van der Waals surface area contributed by atoms with Gasteiger partial charge in [0, 0.05) is 30.1 Å². The van der Waals surface area contributed by atoms with E-state index < -0.39 is 10.0 Å². The zero-order valence-electron chi connectivity index (χ0n) is 17.3. The van der Waals surface area contributed by atoms with E-state index in [-0.39, 0.29) is 19.2 Å². The molecule has 0 amide bonds. The summed E-state index contributed by atoms with van der Waals surface area (Å²) >= 11 is 0. The van der Waals surface area contributed by atoms with Gasteiger partial charge in [0.05, 0.1) is 16.1 Å². The normalized spacial score (nSPS) is 16.7. The molecule has 3 aromatic rings. The van der Waals surface area contributed by atoms with E-state index in [1.54, 1.807) is 16.4 Å². The molecule has 3 heterocycles. The van der Waals surface area contributed by atoms with Crippen molar-refractivity contribution in [2.24, 2.45) is 0 Å². The summed E-state index contributed by atoms with van der Waals surface area (Å²) in [5, 5.41) is 1.02. The summed E-state index contributed by atoms with van der Waals surface area (Å²) < 4.78 is 38.6. The van der Waals surface area contributed by atoms with E-state index >= 15 is 0 Å². The summed E-state index contributed by atoms with van der Waals surface area (Å²) in [6.45, 7) is 3.47. The molecule has 0 saturated carbocycles. The molecule has 1 saturated heterocycles. The quantitative estimate of drug-likeness (QED) is 0.554. The number of nitrogens with zero attached hydrogens (tertiary/aromatic N) is 2. The molecule has 2 aliphatic heterocycles. The van der Waals surface area contributed by atoms with Gasteiger partial charge in [0.1, 0.15) is 0 Å². The maximum atomic E-state index is 13.0. The first-order valence-electron chi connectivity index (χ1n) is 10.3. The second-order valence-electron chi connectivity index (χ2n) is 7.89. The minimum Gasteiger partial charge on any atom is -0.454 e. The Bertz CT molecular complexity index is 1200. The number of sulfonamides is 1. The Labute approximate surface area is 188 Å². The lowest BCUT2D eigenvalue weighted by atomic mass is 10.0. The average Bonchev–Trinajstić information content (AvgIpc) is 3.02. The first-order valence-corrected chi connectivity index (χ1v) is 11.8. The highest BCUT2D eigenvalue weighted by molar-refractivity contribution is 7.89. The molecule has 0 radical (unpaired) electrons. The first-order chi connectivity index (χ1) is 14.5. The minimum absolute atomic E-state index is 0. The highest BCUT2D eigenvalue weighted by atomic mass is 35.5. The lowest BCUT2D eigenvalue weighted by Gasteiger charge is -2.20. The van der Waals surface area contributed by atoms with E-state index in [2.05, 4.69) is 0 Å². The molecule has 1 aromatic heterocycles. The molecule has 31 heavy (non-hydrogen) atoms. The third-order valence-electron chi connectivity index (χ3n) is 5.86. The number of benzene rings is 2. The van der Waals surface area contributed by atoms with Crippen molar-refractivity contribution in [3.63, 3.8) is 0 Å². The highest BCUT2D eigenvalue weighted by Crippen LogP contribution is 2.37. The van der Waals surface area contributed by atoms with Crippen molar-refractivity contribution >= 4 is 33.3 Å². The standard InChI is InChI=1S/C23H24N2O4S.ClH/c1-16-12-20(24-21-14-23-22(13-19(16)21)28-15-29-23)17-6-8-18(9-7-17)30(26,27)25-10-4-2-3-5-11-25;/h6-9,12-14H,2-5,10-11,15H2,1H3;1H. The van der Waals surface area contributed by atoms with Gasteiger partial charge in [0.15, 0.2) is 11.5 Å². The number of fused-ring (bicyclic) bond motifs is 2. The van der Waals surface area contributed by atoms with E-state index in [0.717, 1.165) is 59.2 Å². The van der Waals surface area contributed by atoms with Gasteiger partial charge >= 0.3 is 0 Å². The summed E-state index contributed by atoms with van der Waals surface area (Å²) in [4.78, 5) is 5.12. The Kier molecular flexibility index (Phi) is 6.10. The van der Waals surface area contributed by atoms with Crippen LogP contribution in [0.15, 0.2) is 47.4 Å². The van der Waals surface area contributed by atoms with Crippen molar-refractivity contribution in [2.75, 3.05) is 19.9 Å². The van der Waals surface area contributed by atoms with Crippen LogP contribution in [-0.2, 0) is 10.0 Å². The number of hydrogen-bond acceptors (Lipinski definition) is 5. The second kappa shape index (κ2) is 8.65. The van der Waals surface area contributed by atoms with Crippen molar-refractivity contribution in [1.82, 2.24) is 9.29 Å². The Morgan fingerprint density at radius 2 is 1.55 bits per heavy atom. The van der Waals surface area contributed by atoms with E-state index in [4.69, 9.17) is 14.5 Å². The fourth-order valence-electron chi connectivity index (χ4n) is 4.16. The monoisotopic (exact) mass is 460 g/mol. The van der Waals surface area contributed by atoms with Crippen LogP contribution < -0.4 is 9.47 Å². The Morgan fingerprint density at radius 3 is 2.23 bits per heavy atom. The first kappa shape index (κ1) is 21.9. The second-order valence-corrected chi connectivity index (χ2v) is 9.83. The van der Waals surface area contributed by atoms with Crippen LogP contribution in [-0.4, -0.2) is 37.6 Å². The van der Waals surface area contributed by atoms with Gasteiger partial charge in [-0.15, -0.1) is 12.4 Å². The van der Waals surface area contributed by atoms with Gasteiger partial charge in [-0.3, -0.25) is 0 Å². The molecule has 5 rings (SSSR count). The summed E-state index contributed by atoms with van der Waals surface area (Å²) in [5.41, 5.74) is 3.59. The predicted molar refractivity (Wildman–Crippen MR) is 123 cm³/mol. The van der Waals surface area contributed by atoms with Gasteiger partial charge in [0.25, 0.3) is 0 Å². The lowest BCUT2D eigenvalue weighted by Crippen LogP contribution is -2.31. The van der Waals surface area contributed by atoms with E-state index in [0.29, 0.717) is 23.7 Å². The van der Waals surface area contributed by atoms with Crippen LogP contribution in [0.25, 0.3) is 22.2 Å². The third kappa shape index (κ3) is 4.10. The van der Waals surface area contributed by atoms with E-state index in [1.807, 2.05) is 37.3 Å². The van der Waals surface area contributed by atoms with E-state index in [9.17, 15) is 8.42 Å². The number of halogens is 1. The number of aromatic nitrogens is 1. The fourth-order valence-corrected chi connectivity index (χ4v) is 5.68. The highest BCUT2D eigenvalue weighted by Gasteiger charge is 2.25.